The van der Waals surface area contributed by atoms with Crippen LogP contribution in [0, 0.1) is 0 Å². The fourth-order valence-electron chi connectivity index (χ4n) is 4.06. The molecule has 11 heteroatoms. The third-order valence-electron chi connectivity index (χ3n) is 6.07. The van der Waals surface area contributed by atoms with Crippen LogP contribution in [0.4, 0.5) is 4.79 Å². The van der Waals surface area contributed by atoms with Gasteiger partial charge in [0, 0.05) is 17.6 Å². The van der Waals surface area contributed by atoms with E-state index in [2.05, 4.69) is 15.9 Å². The highest BCUT2D eigenvalue weighted by atomic mass is 79.9. The van der Waals surface area contributed by atoms with Gasteiger partial charge in [0.05, 0.1) is 22.1 Å². The predicted octanol–water partition coefficient (Wildman–Crippen LogP) is 6.78. The molecule has 2 fully saturated rings. The number of halogens is 3. The van der Waals surface area contributed by atoms with Gasteiger partial charge in [0.2, 0.25) is 5.91 Å². The Balaban J connectivity index is 1.47. The van der Waals surface area contributed by atoms with Crippen molar-refractivity contribution in [1.82, 2.24) is 9.80 Å². The van der Waals surface area contributed by atoms with Crippen molar-refractivity contribution in [1.29, 1.82) is 0 Å². The summed E-state index contributed by atoms with van der Waals surface area (Å²) in [6.45, 7) is 1.32. The normalized spacial score (nSPS) is 17.4. The maximum absolute atomic E-state index is 13.0. The summed E-state index contributed by atoms with van der Waals surface area (Å²) in [7, 11) is 1.52. The van der Waals surface area contributed by atoms with E-state index in [1.807, 2.05) is 6.07 Å². The van der Waals surface area contributed by atoms with Gasteiger partial charge in [-0.2, -0.15) is 0 Å². The molecule has 2 aliphatic heterocycles. The van der Waals surface area contributed by atoms with Crippen molar-refractivity contribution in [2.24, 2.45) is 0 Å². The first-order valence-electron chi connectivity index (χ1n) is 11.7. The number of ether oxygens (including phenoxy) is 2. The Hall–Kier alpha value is -2.20. The first-order valence-corrected chi connectivity index (χ1v) is 14.1. The van der Waals surface area contributed by atoms with E-state index >= 15 is 0 Å². The smallest absolute Gasteiger partial charge is 0.294 e. The molecule has 2 aliphatic rings. The van der Waals surface area contributed by atoms with Gasteiger partial charge in [0.15, 0.2) is 11.5 Å². The quantitative estimate of drug-likeness (QED) is 0.315. The lowest BCUT2D eigenvalue weighted by Gasteiger charge is -2.22. The summed E-state index contributed by atoms with van der Waals surface area (Å²) >= 11 is 16.4. The van der Waals surface area contributed by atoms with Crippen molar-refractivity contribution in [3.63, 3.8) is 0 Å². The number of carbonyl (C=O) groups excluding carboxylic acids is 3. The van der Waals surface area contributed by atoms with Gasteiger partial charge < -0.3 is 14.4 Å². The number of rotatable bonds is 7. The number of carbonyl (C=O) groups is 3. The highest BCUT2D eigenvalue weighted by Crippen LogP contribution is 2.38. The van der Waals surface area contributed by atoms with Crippen LogP contribution in [0.15, 0.2) is 39.7 Å². The molecular formula is C26H25BrCl2N2O5S. The molecule has 0 spiro atoms. The Labute approximate surface area is 238 Å². The third kappa shape index (κ3) is 6.82. The molecule has 37 heavy (non-hydrogen) atoms. The van der Waals surface area contributed by atoms with Gasteiger partial charge in [0.1, 0.15) is 13.2 Å². The van der Waals surface area contributed by atoms with E-state index in [9.17, 15) is 14.4 Å². The minimum atomic E-state index is -0.482. The molecule has 4 rings (SSSR count). The summed E-state index contributed by atoms with van der Waals surface area (Å²) in [6, 6.07) is 8.69. The van der Waals surface area contributed by atoms with E-state index in [0.717, 1.165) is 47.9 Å². The van der Waals surface area contributed by atoms with Crippen LogP contribution < -0.4 is 9.47 Å². The molecule has 2 aromatic rings. The number of likely N-dealkylation sites (tertiary alicyclic amines) is 1. The Morgan fingerprint density at radius 3 is 2.46 bits per heavy atom. The van der Waals surface area contributed by atoms with E-state index in [0.29, 0.717) is 44.7 Å². The Bertz CT molecular complexity index is 1250. The van der Waals surface area contributed by atoms with Crippen molar-refractivity contribution >= 4 is 74.0 Å². The molecule has 2 saturated heterocycles. The van der Waals surface area contributed by atoms with Crippen LogP contribution in [-0.4, -0.2) is 53.6 Å². The topological polar surface area (TPSA) is 76.2 Å². The zero-order chi connectivity index (χ0) is 26.5. The second kappa shape index (κ2) is 12.6. The molecule has 0 aliphatic carbocycles. The van der Waals surface area contributed by atoms with E-state index in [4.69, 9.17) is 32.7 Å². The lowest BCUT2D eigenvalue weighted by atomic mass is 10.1. The summed E-state index contributed by atoms with van der Waals surface area (Å²) in [4.78, 5) is 41.3. The highest BCUT2D eigenvalue weighted by molar-refractivity contribution is 9.10. The third-order valence-corrected chi connectivity index (χ3v) is 8.41. The van der Waals surface area contributed by atoms with E-state index in [-0.39, 0.29) is 24.0 Å². The second-order valence-electron chi connectivity index (χ2n) is 8.62. The first-order chi connectivity index (χ1) is 17.8. The maximum atomic E-state index is 13.0. The molecule has 0 radical (unpaired) electrons. The van der Waals surface area contributed by atoms with Crippen LogP contribution in [0.1, 0.15) is 36.8 Å². The molecular weight excluding hydrogens is 603 g/mol. The van der Waals surface area contributed by atoms with Crippen LogP contribution in [0.3, 0.4) is 0 Å². The summed E-state index contributed by atoms with van der Waals surface area (Å²) in [5.41, 5.74) is 1.46. The highest BCUT2D eigenvalue weighted by Gasteiger charge is 2.37. The Morgan fingerprint density at radius 2 is 1.78 bits per heavy atom. The molecule has 196 valence electrons. The van der Waals surface area contributed by atoms with E-state index in [1.54, 1.807) is 35.2 Å². The van der Waals surface area contributed by atoms with Crippen LogP contribution >= 0.6 is 50.9 Å². The molecule has 7 nitrogen and oxygen atoms in total. The minimum absolute atomic E-state index is 0.197. The van der Waals surface area contributed by atoms with Crippen LogP contribution in [0.2, 0.25) is 10.0 Å². The number of thioether (sulfide) groups is 1. The second-order valence-corrected chi connectivity index (χ2v) is 11.3. The lowest BCUT2D eigenvalue weighted by Crippen LogP contribution is -2.42. The molecule has 0 aromatic heterocycles. The average molecular weight is 628 g/mol. The van der Waals surface area contributed by atoms with Crippen LogP contribution in [0.5, 0.6) is 11.5 Å². The number of imide groups is 1. The van der Waals surface area contributed by atoms with Crippen molar-refractivity contribution < 1.29 is 23.9 Å². The molecule has 0 atom stereocenters. The number of hydrogen-bond acceptors (Lipinski definition) is 6. The first kappa shape index (κ1) is 27.8. The van der Waals surface area contributed by atoms with Gasteiger partial charge in [-0.05, 0) is 66.1 Å². The molecule has 0 N–H and O–H groups in total. The Morgan fingerprint density at radius 1 is 1.05 bits per heavy atom. The fraction of sp³-hybridized carbons (Fsp3) is 0.346. The minimum Gasteiger partial charge on any atom is -0.493 e. The van der Waals surface area contributed by atoms with Crippen molar-refractivity contribution in [3.05, 3.63) is 60.9 Å². The number of hydrogen-bond donors (Lipinski definition) is 0. The SMILES string of the molecule is COc1cc(C=C2SC(=O)N(CC(=O)N3CCCCCC3)C2=O)c(Br)cc1OCc1ccc(Cl)c(Cl)c1. The number of amides is 3. The van der Waals surface area contributed by atoms with Crippen molar-refractivity contribution in [2.75, 3.05) is 26.7 Å². The van der Waals surface area contributed by atoms with Gasteiger partial charge in [-0.25, -0.2) is 0 Å². The largest absolute Gasteiger partial charge is 0.493 e. The molecule has 2 heterocycles. The molecule has 0 saturated carbocycles. The average Bonchev–Trinajstić information content (AvgIpc) is 3.05. The Kier molecular flexibility index (Phi) is 9.45. The standard InChI is InChI=1S/C26H25BrCl2N2O5S/c1-35-21-11-17(18(27)13-22(21)36-15-16-6-7-19(28)20(29)10-16)12-23-25(33)31(26(34)37-23)14-24(32)30-8-4-2-3-5-9-30/h6-7,10-13H,2-5,8-9,14-15H2,1H3. The lowest BCUT2D eigenvalue weighted by molar-refractivity contribution is -0.135. The summed E-state index contributed by atoms with van der Waals surface area (Å²) in [5, 5.41) is 0.447. The number of benzene rings is 2. The summed E-state index contributed by atoms with van der Waals surface area (Å²) in [5.74, 6) is 0.250. The maximum Gasteiger partial charge on any atom is 0.294 e. The molecule has 3 amide bonds. The predicted molar refractivity (Wildman–Crippen MR) is 149 cm³/mol. The fourth-order valence-corrected chi connectivity index (χ4v) is 5.64. The van der Waals surface area contributed by atoms with E-state index < -0.39 is 11.1 Å². The van der Waals surface area contributed by atoms with Gasteiger partial charge in [0.25, 0.3) is 11.1 Å². The summed E-state index contributed by atoms with van der Waals surface area (Å²) < 4.78 is 12.1. The number of methoxy groups -OCH3 is 1. The van der Waals surface area contributed by atoms with Crippen molar-refractivity contribution in [3.8, 4) is 11.5 Å². The zero-order valence-electron chi connectivity index (χ0n) is 20.1. The molecule has 2 aromatic carbocycles. The summed E-state index contributed by atoms with van der Waals surface area (Å²) in [6.07, 6.45) is 5.67. The van der Waals surface area contributed by atoms with Gasteiger partial charge in [-0.15, -0.1) is 0 Å². The zero-order valence-corrected chi connectivity index (χ0v) is 24.0. The molecule has 0 unspecified atom stereocenters. The monoisotopic (exact) mass is 626 g/mol. The van der Waals surface area contributed by atoms with Gasteiger partial charge >= 0.3 is 0 Å². The van der Waals surface area contributed by atoms with Crippen LogP contribution in [-0.2, 0) is 16.2 Å². The van der Waals surface area contributed by atoms with Gasteiger partial charge in [-0.1, -0.05) is 58.0 Å². The van der Waals surface area contributed by atoms with Crippen molar-refractivity contribution in [2.45, 2.75) is 32.3 Å². The van der Waals surface area contributed by atoms with E-state index in [1.165, 1.54) is 7.11 Å². The van der Waals surface area contributed by atoms with Gasteiger partial charge in [-0.3, -0.25) is 19.3 Å². The number of nitrogens with zero attached hydrogens (tertiary/aromatic N) is 2. The van der Waals surface area contributed by atoms with Crippen LogP contribution in [0.25, 0.3) is 6.08 Å². The molecule has 0 bridgehead atoms.